The number of hydrogen-bond donors (Lipinski definition) is 2. The summed E-state index contributed by atoms with van der Waals surface area (Å²) in [5.41, 5.74) is 0.611. The summed E-state index contributed by atoms with van der Waals surface area (Å²) < 4.78 is 10.7. The Balaban J connectivity index is 1.46. The lowest BCUT2D eigenvalue weighted by Crippen LogP contribution is -2.27. The fourth-order valence-electron chi connectivity index (χ4n) is 2.98. The first-order valence-corrected chi connectivity index (χ1v) is 9.07. The molecule has 8 nitrogen and oxygen atoms in total. The SMILES string of the molecule is O=C(O)CCCOc1ccc(NC(=O)C2CC(=O)N(Cc3ccco3)C2)cc1. The summed E-state index contributed by atoms with van der Waals surface area (Å²) in [6.07, 6.45) is 2.22. The second kappa shape index (κ2) is 9.07. The van der Waals surface area contributed by atoms with Gasteiger partial charge in [-0.05, 0) is 42.8 Å². The number of carbonyl (C=O) groups excluding carboxylic acids is 2. The molecule has 1 aromatic carbocycles. The number of benzene rings is 1. The first-order chi connectivity index (χ1) is 13.5. The third kappa shape index (κ3) is 5.35. The van der Waals surface area contributed by atoms with Crippen molar-refractivity contribution in [2.75, 3.05) is 18.5 Å². The molecule has 0 spiro atoms. The second-order valence-electron chi connectivity index (χ2n) is 6.61. The Morgan fingerprint density at radius 1 is 1.25 bits per heavy atom. The van der Waals surface area contributed by atoms with Crippen LogP contribution < -0.4 is 10.1 Å². The number of rotatable bonds is 9. The highest BCUT2D eigenvalue weighted by atomic mass is 16.5. The zero-order valence-corrected chi connectivity index (χ0v) is 15.3. The van der Waals surface area contributed by atoms with Gasteiger partial charge in [0, 0.05) is 25.1 Å². The molecule has 1 fully saturated rings. The summed E-state index contributed by atoms with van der Waals surface area (Å²) in [6, 6.07) is 10.4. The van der Waals surface area contributed by atoms with E-state index in [0.717, 1.165) is 0 Å². The van der Waals surface area contributed by atoms with Gasteiger partial charge in [-0.2, -0.15) is 0 Å². The van der Waals surface area contributed by atoms with Gasteiger partial charge < -0.3 is 24.5 Å². The molecule has 0 bridgehead atoms. The Kier molecular flexibility index (Phi) is 6.31. The van der Waals surface area contributed by atoms with Gasteiger partial charge in [-0.25, -0.2) is 0 Å². The maximum atomic E-state index is 12.5. The minimum absolute atomic E-state index is 0.0607. The Bertz CT molecular complexity index is 816. The van der Waals surface area contributed by atoms with Crippen LogP contribution in [0.1, 0.15) is 25.0 Å². The molecule has 0 radical (unpaired) electrons. The Labute approximate surface area is 162 Å². The molecule has 0 saturated carbocycles. The minimum Gasteiger partial charge on any atom is -0.494 e. The highest BCUT2D eigenvalue weighted by Crippen LogP contribution is 2.23. The Morgan fingerprint density at radius 2 is 2.04 bits per heavy atom. The molecule has 1 saturated heterocycles. The van der Waals surface area contributed by atoms with E-state index in [2.05, 4.69) is 5.32 Å². The van der Waals surface area contributed by atoms with Crippen molar-refractivity contribution in [1.82, 2.24) is 4.90 Å². The molecule has 0 aliphatic carbocycles. The van der Waals surface area contributed by atoms with E-state index in [1.807, 2.05) is 0 Å². The molecule has 2 N–H and O–H groups in total. The third-order valence-electron chi connectivity index (χ3n) is 4.44. The van der Waals surface area contributed by atoms with Crippen molar-refractivity contribution in [1.29, 1.82) is 0 Å². The number of carbonyl (C=O) groups is 3. The lowest BCUT2D eigenvalue weighted by Gasteiger charge is -2.15. The maximum Gasteiger partial charge on any atom is 0.303 e. The van der Waals surface area contributed by atoms with Crippen molar-refractivity contribution in [2.24, 2.45) is 5.92 Å². The number of nitrogens with one attached hydrogen (secondary N) is 1. The van der Waals surface area contributed by atoms with Gasteiger partial charge in [0.15, 0.2) is 0 Å². The highest BCUT2D eigenvalue weighted by Gasteiger charge is 2.34. The van der Waals surface area contributed by atoms with Crippen molar-refractivity contribution in [3.05, 3.63) is 48.4 Å². The molecule has 28 heavy (non-hydrogen) atoms. The number of nitrogens with zero attached hydrogens (tertiary/aromatic N) is 1. The van der Waals surface area contributed by atoms with Crippen LogP contribution in [-0.4, -0.2) is 40.9 Å². The van der Waals surface area contributed by atoms with Crippen LogP contribution in [0.3, 0.4) is 0 Å². The smallest absolute Gasteiger partial charge is 0.303 e. The van der Waals surface area contributed by atoms with Crippen LogP contribution in [0.2, 0.25) is 0 Å². The van der Waals surface area contributed by atoms with Gasteiger partial charge in [0.25, 0.3) is 0 Å². The van der Waals surface area contributed by atoms with E-state index in [0.29, 0.717) is 43.3 Å². The topological polar surface area (TPSA) is 109 Å². The monoisotopic (exact) mass is 386 g/mol. The van der Waals surface area contributed by atoms with E-state index in [-0.39, 0.29) is 24.7 Å². The predicted molar refractivity (Wildman–Crippen MR) is 99.7 cm³/mol. The number of carboxylic acids is 1. The number of ether oxygens (including phenoxy) is 1. The molecule has 1 aromatic heterocycles. The van der Waals surface area contributed by atoms with Crippen LogP contribution >= 0.6 is 0 Å². The molecule has 2 aromatic rings. The number of carboxylic acid groups (broad SMARTS) is 1. The summed E-state index contributed by atoms with van der Waals surface area (Å²) in [6.45, 7) is 1.04. The van der Waals surface area contributed by atoms with Crippen LogP contribution in [0.4, 0.5) is 5.69 Å². The molecule has 1 aliphatic rings. The number of aliphatic carboxylic acids is 1. The van der Waals surface area contributed by atoms with Crippen LogP contribution in [0, 0.1) is 5.92 Å². The van der Waals surface area contributed by atoms with Crippen molar-refractivity contribution < 1.29 is 28.6 Å². The predicted octanol–water partition coefficient (Wildman–Crippen LogP) is 2.51. The molecule has 1 atom stereocenters. The summed E-state index contributed by atoms with van der Waals surface area (Å²) in [5.74, 6) is -0.242. The van der Waals surface area contributed by atoms with Gasteiger partial charge in [0.1, 0.15) is 11.5 Å². The first-order valence-electron chi connectivity index (χ1n) is 9.07. The van der Waals surface area contributed by atoms with Gasteiger partial charge in [0.2, 0.25) is 11.8 Å². The Hall–Kier alpha value is -3.29. The minimum atomic E-state index is -0.852. The zero-order chi connectivity index (χ0) is 19.9. The molecule has 2 amide bonds. The number of hydrogen-bond acceptors (Lipinski definition) is 5. The van der Waals surface area contributed by atoms with Gasteiger partial charge in [0.05, 0.1) is 25.3 Å². The van der Waals surface area contributed by atoms with Gasteiger partial charge >= 0.3 is 5.97 Å². The van der Waals surface area contributed by atoms with Crippen molar-refractivity contribution in [2.45, 2.75) is 25.8 Å². The van der Waals surface area contributed by atoms with Crippen LogP contribution in [0.15, 0.2) is 47.1 Å². The molecular weight excluding hydrogens is 364 g/mol. The fraction of sp³-hybridized carbons (Fsp3) is 0.350. The Morgan fingerprint density at radius 3 is 2.71 bits per heavy atom. The summed E-state index contributed by atoms with van der Waals surface area (Å²) in [5, 5.41) is 11.4. The molecule has 8 heteroatoms. The molecule has 1 unspecified atom stereocenters. The quantitative estimate of drug-likeness (QED) is 0.641. The summed E-state index contributed by atoms with van der Waals surface area (Å²) in [4.78, 5) is 36.7. The third-order valence-corrected chi connectivity index (χ3v) is 4.44. The van der Waals surface area contributed by atoms with Crippen LogP contribution in [0.25, 0.3) is 0 Å². The summed E-state index contributed by atoms with van der Waals surface area (Å²) >= 11 is 0. The van der Waals surface area contributed by atoms with Gasteiger partial charge in [-0.15, -0.1) is 0 Å². The molecule has 148 valence electrons. The van der Waals surface area contributed by atoms with Gasteiger partial charge in [-0.1, -0.05) is 0 Å². The molecule has 1 aliphatic heterocycles. The van der Waals surface area contributed by atoms with E-state index >= 15 is 0 Å². The maximum absolute atomic E-state index is 12.5. The fourth-order valence-corrected chi connectivity index (χ4v) is 2.98. The van der Waals surface area contributed by atoms with Crippen molar-refractivity contribution in [3.8, 4) is 5.75 Å². The average Bonchev–Trinajstić information content (AvgIpc) is 3.30. The largest absolute Gasteiger partial charge is 0.494 e. The lowest BCUT2D eigenvalue weighted by atomic mass is 10.1. The van der Waals surface area contributed by atoms with E-state index in [4.69, 9.17) is 14.3 Å². The lowest BCUT2D eigenvalue weighted by molar-refractivity contribution is -0.137. The van der Waals surface area contributed by atoms with Gasteiger partial charge in [-0.3, -0.25) is 14.4 Å². The molecule has 2 heterocycles. The van der Waals surface area contributed by atoms with Crippen molar-refractivity contribution >= 4 is 23.5 Å². The van der Waals surface area contributed by atoms with Crippen LogP contribution in [-0.2, 0) is 20.9 Å². The van der Waals surface area contributed by atoms with E-state index in [9.17, 15) is 14.4 Å². The molecular formula is C20H22N2O6. The number of likely N-dealkylation sites (tertiary alicyclic amines) is 1. The zero-order valence-electron chi connectivity index (χ0n) is 15.3. The number of anilines is 1. The van der Waals surface area contributed by atoms with Crippen LogP contribution in [0.5, 0.6) is 5.75 Å². The standard InChI is InChI=1S/C20H22N2O6/c23-18-11-14(12-22(18)13-17-3-1-9-28-17)20(26)21-15-5-7-16(8-6-15)27-10-2-4-19(24)25/h1,3,5-9,14H,2,4,10-13H2,(H,21,26)(H,24,25). The van der Waals surface area contributed by atoms with E-state index in [1.54, 1.807) is 47.6 Å². The highest BCUT2D eigenvalue weighted by molar-refractivity contribution is 5.97. The first kappa shape index (κ1) is 19.5. The van der Waals surface area contributed by atoms with E-state index in [1.165, 1.54) is 0 Å². The normalized spacial score (nSPS) is 16.2. The number of furan rings is 1. The summed E-state index contributed by atoms with van der Waals surface area (Å²) in [7, 11) is 0. The second-order valence-corrected chi connectivity index (χ2v) is 6.61. The molecule has 3 rings (SSSR count). The van der Waals surface area contributed by atoms with E-state index < -0.39 is 11.9 Å². The van der Waals surface area contributed by atoms with Crippen molar-refractivity contribution in [3.63, 3.8) is 0 Å². The average molecular weight is 386 g/mol. The number of amides is 2.